The lowest BCUT2D eigenvalue weighted by Gasteiger charge is -2.19. The van der Waals surface area contributed by atoms with Crippen molar-refractivity contribution in [2.24, 2.45) is 0 Å². The van der Waals surface area contributed by atoms with E-state index in [2.05, 4.69) is 5.32 Å². The quantitative estimate of drug-likeness (QED) is 0.892. The van der Waals surface area contributed by atoms with Gasteiger partial charge in [-0.3, -0.25) is 4.79 Å². The summed E-state index contributed by atoms with van der Waals surface area (Å²) in [6.45, 7) is 5.69. The van der Waals surface area contributed by atoms with Crippen LogP contribution >= 0.6 is 12.4 Å². The Morgan fingerprint density at radius 1 is 1.33 bits per heavy atom. The van der Waals surface area contributed by atoms with Gasteiger partial charge in [0.1, 0.15) is 0 Å². The molecule has 4 heteroatoms. The topological polar surface area (TPSA) is 32.3 Å². The number of likely N-dealkylation sites (N-methyl/N-ethyl adjacent to an activating group) is 1. The monoisotopic (exact) mass is 268 g/mol. The van der Waals surface area contributed by atoms with E-state index in [0.29, 0.717) is 6.04 Å². The van der Waals surface area contributed by atoms with E-state index in [1.807, 2.05) is 44.0 Å². The molecule has 1 aliphatic heterocycles. The number of hydrogen-bond donors (Lipinski definition) is 1. The molecule has 0 radical (unpaired) electrons. The molecule has 1 N–H and O–H groups in total. The van der Waals surface area contributed by atoms with E-state index in [0.717, 1.165) is 36.2 Å². The van der Waals surface area contributed by atoms with Crippen molar-refractivity contribution < 1.29 is 4.79 Å². The van der Waals surface area contributed by atoms with Gasteiger partial charge in [-0.15, -0.1) is 12.4 Å². The molecule has 0 spiro atoms. The van der Waals surface area contributed by atoms with E-state index in [9.17, 15) is 4.79 Å². The molecule has 1 heterocycles. The van der Waals surface area contributed by atoms with Crippen LogP contribution in [0.5, 0.6) is 0 Å². The lowest BCUT2D eigenvalue weighted by atomic mass is 10.0. The fourth-order valence-electron chi connectivity index (χ4n) is 2.49. The van der Waals surface area contributed by atoms with Crippen molar-refractivity contribution in [2.45, 2.75) is 26.3 Å². The van der Waals surface area contributed by atoms with E-state index in [4.69, 9.17) is 0 Å². The highest BCUT2D eigenvalue weighted by Crippen LogP contribution is 2.19. The van der Waals surface area contributed by atoms with Gasteiger partial charge in [-0.25, -0.2) is 0 Å². The molecule has 1 aliphatic rings. The Morgan fingerprint density at radius 2 is 1.94 bits per heavy atom. The Hall–Kier alpha value is -1.06. The molecule has 0 bridgehead atoms. The molecule has 2 rings (SSSR count). The molecule has 1 saturated heterocycles. The van der Waals surface area contributed by atoms with Crippen LogP contribution in [0.1, 0.15) is 27.9 Å². The van der Waals surface area contributed by atoms with E-state index in [1.165, 1.54) is 0 Å². The van der Waals surface area contributed by atoms with Crippen molar-refractivity contribution in [3.8, 4) is 0 Å². The van der Waals surface area contributed by atoms with Crippen LogP contribution in [0.2, 0.25) is 0 Å². The summed E-state index contributed by atoms with van der Waals surface area (Å²) in [6, 6.07) is 6.46. The molecule has 1 aromatic rings. The summed E-state index contributed by atoms with van der Waals surface area (Å²) >= 11 is 0. The molecule has 1 aromatic carbocycles. The molecule has 18 heavy (non-hydrogen) atoms. The zero-order chi connectivity index (χ0) is 12.4. The normalized spacial score (nSPS) is 18.6. The molecule has 0 saturated carbocycles. The molecule has 1 atom stereocenters. The van der Waals surface area contributed by atoms with Gasteiger partial charge >= 0.3 is 0 Å². The fourth-order valence-corrected chi connectivity index (χ4v) is 2.49. The van der Waals surface area contributed by atoms with Gasteiger partial charge in [-0.2, -0.15) is 0 Å². The van der Waals surface area contributed by atoms with E-state index in [1.54, 1.807) is 0 Å². The highest BCUT2D eigenvalue weighted by Gasteiger charge is 2.27. The molecule has 1 amide bonds. The van der Waals surface area contributed by atoms with Crippen LogP contribution < -0.4 is 5.32 Å². The van der Waals surface area contributed by atoms with Crippen LogP contribution in [0, 0.1) is 13.8 Å². The number of amides is 1. The Balaban J connectivity index is 0.00000162. The third kappa shape index (κ3) is 2.85. The largest absolute Gasteiger partial charge is 0.337 e. The Kier molecular flexibility index (Phi) is 5.17. The zero-order valence-corrected chi connectivity index (χ0v) is 12.0. The number of nitrogens with one attached hydrogen (secondary N) is 1. The second-order valence-electron chi connectivity index (χ2n) is 4.79. The van der Waals surface area contributed by atoms with Gasteiger partial charge in [0.05, 0.1) is 0 Å². The van der Waals surface area contributed by atoms with E-state index in [-0.39, 0.29) is 18.3 Å². The third-order valence-electron chi connectivity index (χ3n) is 3.58. The molecule has 0 aromatic heterocycles. The molecule has 100 valence electrons. The summed E-state index contributed by atoms with van der Waals surface area (Å²) in [5.74, 6) is 0.179. The third-order valence-corrected chi connectivity index (χ3v) is 3.58. The maximum absolute atomic E-state index is 12.4. The van der Waals surface area contributed by atoms with Gasteiger partial charge in [0.2, 0.25) is 0 Å². The van der Waals surface area contributed by atoms with Gasteiger partial charge in [-0.1, -0.05) is 18.2 Å². The van der Waals surface area contributed by atoms with Crippen LogP contribution in [0.3, 0.4) is 0 Å². The number of benzene rings is 1. The molecule has 1 unspecified atom stereocenters. The lowest BCUT2D eigenvalue weighted by Crippen LogP contribution is -2.34. The first kappa shape index (κ1) is 15.0. The van der Waals surface area contributed by atoms with Gasteiger partial charge in [0.15, 0.2) is 0 Å². The number of aryl methyl sites for hydroxylation is 2. The summed E-state index contributed by atoms with van der Waals surface area (Å²) in [6.07, 6.45) is 1.05. The van der Waals surface area contributed by atoms with Gasteiger partial charge < -0.3 is 10.2 Å². The van der Waals surface area contributed by atoms with Crippen LogP contribution in [-0.2, 0) is 0 Å². The number of carbonyl (C=O) groups excluding carboxylic acids is 1. The zero-order valence-electron chi connectivity index (χ0n) is 11.2. The predicted molar refractivity (Wildman–Crippen MR) is 76.5 cm³/mol. The first-order chi connectivity index (χ1) is 8.13. The van der Waals surface area contributed by atoms with Crippen molar-refractivity contribution in [1.29, 1.82) is 0 Å². The summed E-state index contributed by atoms with van der Waals surface area (Å²) in [4.78, 5) is 14.4. The average molecular weight is 269 g/mol. The average Bonchev–Trinajstić information content (AvgIpc) is 2.77. The van der Waals surface area contributed by atoms with E-state index < -0.39 is 0 Å². The minimum atomic E-state index is 0. The summed E-state index contributed by atoms with van der Waals surface area (Å²) in [5, 5.41) is 3.24. The number of carbonyl (C=O) groups is 1. The molecule has 3 nitrogen and oxygen atoms in total. The van der Waals surface area contributed by atoms with Gasteiger partial charge in [-0.05, 0) is 38.4 Å². The minimum absolute atomic E-state index is 0. The summed E-state index contributed by atoms with van der Waals surface area (Å²) in [5.41, 5.74) is 3.02. The lowest BCUT2D eigenvalue weighted by molar-refractivity contribution is 0.0788. The van der Waals surface area contributed by atoms with Crippen LogP contribution in [0.15, 0.2) is 18.2 Å². The second kappa shape index (κ2) is 6.21. The Labute approximate surface area is 115 Å². The standard InChI is InChI=1S/C14H20N2O.ClH/c1-10-5-4-6-11(2)13(10)14(17)16-8-7-12(9-16)15-3;/h4-6,12,15H,7-9H2,1-3H3;1H. The van der Waals surface area contributed by atoms with Crippen LogP contribution in [0.25, 0.3) is 0 Å². The van der Waals surface area contributed by atoms with Gasteiger partial charge in [0.25, 0.3) is 5.91 Å². The molecule has 0 aliphatic carbocycles. The summed E-state index contributed by atoms with van der Waals surface area (Å²) < 4.78 is 0. The first-order valence-corrected chi connectivity index (χ1v) is 6.16. The number of likely N-dealkylation sites (tertiary alicyclic amines) is 1. The van der Waals surface area contributed by atoms with E-state index >= 15 is 0 Å². The molecule has 1 fully saturated rings. The van der Waals surface area contributed by atoms with Crippen molar-refractivity contribution in [2.75, 3.05) is 20.1 Å². The predicted octanol–water partition coefficient (Wildman–Crippen LogP) is 2.16. The fraction of sp³-hybridized carbons (Fsp3) is 0.500. The first-order valence-electron chi connectivity index (χ1n) is 6.16. The van der Waals surface area contributed by atoms with Crippen LogP contribution in [-0.4, -0.2) is 37.0 Å². The number of rotatable bonds is 2. The Bertz CT molecular complexity index is 414. The smallest absolute Gasteiger partial charge is 0.254 e. The minimum Gasteiger partial charge on any atom is -0.337 e. The van der Waals surface area contributed by atoms with Crippen molar-refractivity contribution in [3.63, 3.8) is 0 Å². The second-order valence-corrected chi connectivity index (χ2v) is 4.79. The number of hydrogen-bond acceptors (Lipinski definition) is 2. The van der Waals surface area contributed by atoms with Crippen molar-refractivity contribution >= 4 is 18.3 Å². The highest BCUT2D eigenvalue weighted by molar-refractivity contribution is 5.97. The summed E-state index contributed by atoms with van der Waals surface area (Å²) in [7, 11) is 1.96. The maximum Gasteiger partial charge on any atom is 0.254 e. The maximum atomic E-state index is 12.4. The SMILES string of the molecule is CNC1CCN(C(=O)c2c(C)cccc2C)C1.Cl. The molecular weight excluding hydrogens is 248 g/mol. The van der Waals surface area contributed by atoms with Crippen molar-refractivity contribution in [1.82, 2.24) is 10.2 Å². The Morgan fingerprint density at radius 3 is 2.44 bits per heavy atom. The molecular formula is C14H21ClN2O. The van der Waals surface area contributed by atoms with Crippen LogP contribution in [0.4, 0.5) is 0 Å². The number of nitrogens with zero attached hydrogens (tertiary/aromatic N) is 1. The van der Waals surface area contributed by atoms with Crippen molar-refractivity contribution in [3.05, 3.63) is 34.9 Å². The highest BCUT2D eigenvalue weighted by atomic mass is 35.5. The number of halogens is 1. The van der Waals surface area contributed by atoms with Gasteiger partial charge in [0, 0.05) is 24.7 Å².